The zero-order chi connectivity index (χ0) is 8.81. The van der Waals surface area contributed by atoms with Crippen LogP contribution in [0, 0.1) is 0 Å². The largest absolute Gasteiger partial charge is 1.00 e. The molecule has 1 atom stereocenters. The Labute approximate surface area is 96.5 Å². The van der Waals surface area contributed by atoms with Gasteiger partial charge in [0.15, 0.2) is 0 Å². The molecular weight excluding hydrogens is 280 g/mol. The SMILES string of the molecule is O=S([O-])CCCc1ccccc1.[Ag+]. The zero-order valence-electron chi connectivity index (χ0n) is 7.03. The van der Waals surface area contributed by atoms with Gasteiger partial charge in [0.05, 0.1) is 0 Å². The molecule has 4 heteroatoms. The summed E-state index contributed by atoms with van der Waals surface area (Å²) in [4.78, 5) is 0. The molecule has 0 spiro atoms. The summed E-state index contributed by atoms with van der Waals surface area (Å²) in [6, 6.07) is 9.89. The summed E-state index contributed by atoms with van der Waals surface area (Å²) in [5.74, 6) is 0.259. The van der Waals surface area contributed by atoms with Crippen molar-refractivity contribution < 1.29 is 31.1 Å². The summed E-state index contributed by atoms with van der Waals surface area (Å²) < 4.78 is 20.4. The maximum atomic E-state index is 10.2. The predicted molar refractivity (Wildman–Crippen MR) is 48.5 cm³/mol. The van der Waals surface area contributed by atoms with Gasteiger partial charge in [-0.1, -0.05) is 41.4 Å². The summed E-state index contributed by atoms with van der Waals surface area (Å²) in [7, 11) is 0. The van der Waals surface area contributed by atoms with E-state index in [0.29, 0.717) is 6.42 Å². The summed E-state index contributed by atoms with van der Waals surface area (Å²) in [5.41, 5.74) is 1.20. The predicted octanol–water partition coefficient (Wildman–Crippen LogP) is 1.50. The van der Waals surface area contributed by atoms with E-state index in [1.54, 1.807) is 0 Å². The van der Waals surface area contributed by atoms with Gasteiger partial charge in [0.1, 0.15) is 0 Å². The molecule has 0 saturated heterocycles. The molecule has 1 aromatic rings. The Morgan fingerprint density at radius 1 is 1.23 bits per heavy atom. The van der Waals surface area contributed by atoms with Crippen LogP contribution in [0.15, 0.2) is 30.3 Å². The number of hydrogen-bond donors (Lipinski definition) is 0. The minimum Gasteiger partial charge on any atom is -0.772 e. The van der Waals surface area contributed by atoms with E-state index in [2.05, 4.69) is 0 Å². The van der Waals surface area contributed by atoms with Crippen LogP contribution in [0.4, 0.5) is 0 Å². The van der Waals surface area contributed by atoms with Gasteiger partial charge in [0, 0.05) is 5.75 Å². The molecule has 0 fully saturated rings. The molecule has 0 heterocycles. The zero-order valence-corrected chi connectivity index (χ0v) is 9.33. The van der Waals surface area contributed by atoms with Gasteiger partial charge in [0.25, 0.3) is 0 Å². The fourth-order valence-corrected chi connectivity index (χ4v) is 1.42. The van der Waals surface area contributed by atoms with Gasteiger partial charge in [-0.15, -0.1) is 0 Å². The van der Waals surface area contributed by atoms with Crippen molar-refractivity contribution >= 4 is 11.1 Å². The van der Waals surface area contributed by atoms with E-state index in [1.165, 1.54) is 5.56 Å². The summed E-state index contributed by atoms with van der Waals surface area (Å²) >= 11 is -1.89. The standard InChI is InChI=1S/C9H12O2S.Ag/c10-12(11)8-4-7-9-5-2-1-3-6-9;/h1-3,5-6H,4,7-8H2,(H,10,11);/q;+1/p-1. The molecule has 1 unspecified atom stereocenters. The molecule has 0 saturated carbocycles. The molecule has 76 valence electrons. The van der Waals surface area contributed by atoms with Crippen molar-refractivity contribution in [3.63, 3.8) is 0 Å². The molecular formula is C9H11AgO2S. The van der Waals surface area contributed by atoms with Crippen LogP contribution in [0.2, 0.25) is 0 Å². The topological polar surface area (TPSA) is 40.1 Å². The van der Waals surface area contributed by atoms with E-state index in [-0.39, 0.29) is 28.1 Å². The van der Waals surface area contributed by atoms with Gasteiger partial charge in [0.2, 0.25) is 0 Å². The first-order chi connectivity index (χ1) is 5.79. The van der Waals surface area contributed by atoms with Crippen LogP contribution in [0.25, 0.3) is 0 Å². The van der Waals surface area contributed by atoms with Crippen LogP contribution in [0.5, 0.6) is 0 Å². The Balaban J connectivity index is 0.00000144. The van der Waals surface area contributed by atoms with Gasteiger partial charge in [-0.05, 0) is 18.4 Å². The average molecular weight is 291 g/mol. The number of hydrogen-bond acceptors (Lipinski definition) is 2. The smallest absolute Gasteiger partial charge is 0.772 e. The first kappa shape index (κ1) is 13.1. The Hall–Kier alpha value is 0.0703. The van der Waals surface area contributed by atoms with E-state index in [1.807, 2.05) is 30.3 Å². The van der Waals surface area contributed by atoms with Crippen molar-refractivity contribution in [2.24, 2.45) is 0 Å². The van der Waals surface area contributed by atoms with Crippen LogP contribution in [-0.2, 0) is 39.9 Å². The molecule has 1 rings (SSSR count). The monoisotopic (exact) mass is 290 g/mol. The van der Waals surface area contributed by atoms with Crippen molar-refractivity contribution in [2.75, 3.05) is 5.75 Å². The number of aryl methyl sites for hydroxylation is 1. The second kappa shape index (κ2) is 7.47. The molecule has 13 heavy (non-hydrogen) atoms. The maximum absolute atomic E-state index is 10.2. The minimum atomic E-state index is -1.89. The Morgan fingerprint density at radius 2 is 1.85 bits per heavy atom. The van der Waals surface area contributed by atoms with Crippen LogP contribution >= 0.6 is 0 Å². The number of benzene rings is 1. The first-order valence-electron chi connectivity index (χ1n) is 3.89. The molecule has 0 radical (unpaired) electrons. The van der Waals surface area contributed by atoms with Crippen molar-refractivity contribution in [1.29, 1.82) is 0 Å². The van der Waals surface area contributed by atoms with Crippen molar-refractivity contribution in [1.82, 2.24) is 0 Å². The third-order valence-corrected chi connectivity index (χ3v) is 2.24. The molecule has 1 aromatic carbocycles. The fourth-order valence-electron chi connectivity index (χ4n) is 1.04. The van der Waals surface area contributed by atoms with Crippen molar-refractivity contribution in [3.05, 3.63) is 35.9 Å². The van der Waals surface area contributed by atoms with E-state index < -0.39 is 11.1 Å². The third kappa shape index (κ3) is 6.18. The van der Waals surface area contributed by atoms with Crippen LogP contribution < -0.4 is 0 Å². The van der Waals surface area contributed by atoms with E-state index >= 15 is 0 Å². The fraction of sp³-hybridized carbons (Fsp3) is 0.333. The van der Waals surface area contributed by atoms with Gasteiger partial charge in [-0.2, -0.15) is 0 Å². The van der Waals surface area contributed by atoms with E-state index in [4.69, 9.17) is 0 Å². The second-order valence-electron chi connectivity index (χ2n) is 2.60. The molecule has 0 bridgehead atoms. The van der Waals surface area contributed by atoms with Crippen molar-refractivity contribution in [2.45, 2.75) is 12.8 Å². The normalized spacial score (nSPS) is 11.8. The maximum Gasteiger partial charge on any atom is 1.00 e. The quantitative estimate of drug-likeness (QED) is 0.623. The third-order valence-electron chi connectivity index (χ3n) is 1.62. The van der Waals surface area contributed by atoms with Gasteiger partial charge in [-0.3, -0.25) is 4.21 Å². The van der Waals surface area contributed by atoms with Gasteiger partial charge < -0.3 is 4.55 Å². The molecule has 0 amide bonds. The van der Waals surface area contributed by atoms with Gasteiger partial charge >= 0.3 is 22.4 Å². The van der Waals surface area contributed by atoms with Crippen LogP contribution in [0.3, 0.4) is 0 Å². The van der Waals surface area contributed by atoms with Crippen LogP contribution in [0.1, 0.15) is 12.0 Å². The van der Waals surface area contributed by atoms with E-state index in [0.717, 1.165) is 6.42 Å². The molecule has 0 N–H and O–H groups in total. The summed E-state index contributed by atoms with van der Waals surface area (Å²) in [6.07, 6.45) is 1.55. The average Bonchev–Trinajstić information content (AvgIpc) is 2.05. The van der Waals surface area contributed by atoms with Crippen LogP contribution in [-0.4, -0.2) is 14.5 Å². The Morgan fingerprint density at radius 3 is 2.38 bits per heavy atom. The second-order valence-corrected chi connectivity index (χ2v) is 3.61. The Bertz CT molecular complexity index is 251. The van der Waals surface area contributed by atoms with Crippen molar-refractivity contribution in [3.8, 4) is 0 Å². The molecule has 0 aliphatic heterocycles. The molecule has 0 aliphatic rings. The summed E-state index contributed by atoms with van der Waals surface area (Å²) in [5, 5.41) is 0. The minimum absolute atomic E-state index is 0. The van der Waals surface area contributed by atoms with Gasteiger partial charge in [-0.25, -0.2) is 0 Å². The number of rotatable bonds is 4. The van der Waals surface area contributed by atoms with E-state index in [9.17, 15) is 8.76 Å². The summed E-state index contributed by atoms with van der Waals surface area (Å²) in [6.45, 7) is 0. The molecule has 0 aliphatic carbocycles. The first-order valence-corrected chi connectivity index (χ1v) is 5.13. The Kier molecular flexibility index (Phi) is 7.51. The molecule has 0 aromatic heterocycles. The molecule has 2 nitrogen and oxygen atoms in total.